The molecule has 0 aliphatic carbocycles. The molecule has 0 unspecified atom stereocenters. The molecule has 2 N–H and O–H groups in total. The summed E-state index contributed by atoms with van der Waals surface area (Å²) in [6, 6.07) is 0. The number of sulfonamides is 1. The maximum Gasteiger partial charge on any atom is 0.386 e. The average Bonchev–Trinajstić information content (AvgIpc) is 2.22. The molecule has 0 aromatic carbocycles. The summed E-state index contributed by atoms with van der Waals surface area (Å²) in [5.41, 5.74) is 0. The van der Waals surface area contributed by atoms with Crippen LogP contribution < -0.4 is 4.72 Å². The Balaban J connectivity index is 4.23. The number of carboxylic acid groups (broad SMARTS) is 1. The Hall–Kier alpha value is -0.870. The number of hydrogen-bond acceptors (Lipinski definition) is 3. The zero-order valence-corrected chi connectivity index (χ0v) is 11.5. The zero-order chi connectivity index (χ0) is 15.3. The lowest BCUT2D eigenvalue weighted by molar-refractivity contribution is -0.883. The predicted molar refractivity (Wildman–Crippen MR) is 61.9 cm³/mol. The molecule has 0 aromatic rings. The molecule has 0 fully saturated rings. The van der Waals surface area contributed by atoms with E-state index in [9.17, 15) is 26.4 Å². The molecule has 0 heterocycles. The van der Waals surface area contributed by atoms with Gasteiger partial charge in [0.05, 0.1) is 20.6 Å². The van der Waals surface area contributed by atoms with E-state index in [1.165, 1.54) is 0 Å². The Morgan fingerprint density at radius 1 is 1.37 bits per heavy atom. The van der Waals surface area contributed by atoms with E-state index >= 15 is 0 Å². The van der Waals surface area contributed by atoms with Crippen molar-refractivity contribution in [2.45, 2.75) is 11.7 Å². The van der Waals surface area contributed by atoms with Crippen molar-refractivity contribution in [3.05, 3.63) is 0 Å². The predicted octanol–water partition coefficient (Wildman–Crippen LogP) is 0.0192. The Labute approximate surface area is 109 Å². The zero-order valence-electron chi connectivity index (χ0n) is 10.7. The van der Waals surface area contributed by atoms with Gasteiger partial charge in [-0.2, -0.15) is 8.78 Å². The monoisotopic (exact) mass is 307 g/mol. The lowest BCUT2D eigenvalue weighted by Crippen LogP contribution is -2.46. The Bertz CT molecular complexity index is 412. The van der Waals surface area contributed by atoms with E-state index < -0.39 is 27.9 Å². The van der Waals surface area contributed by atoms with Crippen molar-refractivity contribution in [1.82, 2.24) is 4.72 Å². The van der Waals surface area contributed by atoms with Gasteiger partial charge in [0.15, 0.2) is 13.2 Å². The summed E-state index contributed by atoms with van der Waals surface area (Å²) in [6.45, 7) is -2.49. The summed E-state index contributed by atoms with van der Waals surface area (Å²) in [4.78, 5) is 10.5. The molecule has 10 heteroatoms. The van der Waals surface area contributed by atoms with E-state index in [4.69, 9.17) is 5.11 Å². The topological polar surface area (TPSA) is 83.5 Å². The maximum atomic E-state index is 12.7. The van der Waals surface area contributed by atoms with Gasteiger partial charge in [-0.15, -0.1) is 0 Å². The number of nitrogens with one attached hydrogen (secondary N) is 1. The molecule has 0 atom stereocenters. The quantitative estimate of drug-likeness (QED) is 0.465. The number of carboxylic acids is 1. The van der Waals surface area contributed by atoms with E-state index in [1.54, 1.807) is 18.8 Å². The molecule has 0 aromatic heterocycles. The molecule has 0 aliphatic heterocycles. The minimum atomic E-state index is -5.03. The van der Waals surface area contributed by atoms with Crippen LogP contribution in [0.15, 0.2) is 0 Å². The number of quaternary nitrogens is 1. The summed E-state index contributed by atoms with van der Waals surface area (Å²) in [5.74, 6) is -1.02. The van der Waals surface area contributed by atoms with Crippen LogP contribution >= 0.6 is 0 Å². The third kappa shape index (κ3) is 6.21. The van der Waals surface area contributed by atoms with Crippen LogP contribution in [0.5, 0.6) is 0 Å². The number of rotatable bonds is 9. The van der Waals surface area contributed by atoms with Gasteiger partial charge in [0.25, 0.3) is 10.0 Å². The van der Waals surface area contributed by atoms with Crippen molar-refractivity contribution < 1.29 is 36.0 Å². The molecule has 6 nitrogen and oxygen atoms in total. The molecule has 0 rings (SSSR count). The van der Waals surface area contributed by atoms with Gasteiger partial charge in [0.2, 0.25) is 0 Å². The number of carbonyl (C=O) groups is 1. The smallest absolute Gasteiger partial charge is 0.386 e. The second-order valence-electron chi connectivity index (χ2n) is 4.73. The molecule has 0 bridgehead atoms. The fraction of sp³-hybridized carbons (Fsp3) is 0.889. The van der Waals surface area contributed by atoms with Crippen molar-refractivity contribution in [2.24, 2.45) is 0 Å². The lowest BCUT2D eigenvalue weighted by Gasteiger charge is -2.27. The minimum absolute atomic E-state index is 0.0799. The van der Waals surface area contributed by atoms with E-state index in [2.05, 4.69) is 0 Å². The van der Waals surface area contributed by atoms with E-state index in [0.29, 0.717) is 0 Å². The average molecular weight is 307 g/mol. The number of alkyl halides is 3. The van der Waals surface area contributed by atoms with Crippen LogP contribution in [-0.2, 0) is 14.8 Å². The van der Waals surface area contributed by atoms with Crippen molar-refractivity contribution in [1.29, 1.82) is 0 Å². The van der Waals surface area contributed by atoms with Gasteiger partial charge in [-0.25, -0.2) is 22.3 Å². The highest BCUT2D eigenvalue weighted by molar-refractivity contribution is 7.90. The maximum absolute atomic E-state index is 12.7. The highest BCUT2D eigenvalue weighted by Crippen LogP contribution is 2.20. The minimum Gasteiger partial charge on any atom is -0.477 e. The number of nitrogens with zero attached hydrogens (tertiary/aromatic N) is 1. The number of aliphatic carboxylic acids is 1. The third-order valence-corrected chi connectivity index (χ3v) is 3.82. The highest BCUT2D eigenvalue weighted by Gasteiger charge is 2.44. The Kier molecular flexibility index (Phi) is 6.23. The van der Waals surface area contributed by atoms with Crippen molar-refractivity contribution in [3.63, 3.8) is 0 Å². The van der Waals surface area contributed by atoms with Gasteiger partial charge in [-0.3, -0.25) is 0 Å². The molecule has 19 heavy (non-hydrogen) atoms. The van der Waals surface area contributed by atoms with Crippen LogP contribution in [0.2, 0.25) is 0 Å². The Morgan fingerprint density at radius 3 is 2.32 bits per heavy atom. The van der Waals surface area contributed by atoms with Gasteiger partial charge < -0.3 is 9.59 Å². The molecule has 0 saturated heterocycles. The summed E-state index contributed by atoms with van der Waals surface area (Å²) in [6.07, 6.45) is 0.155. The number of halogens is 3. The molecule has 0 aliphatic rings. The van der Waals surface area contributed by atoms with Gasteiger partial charge in [-0.1, -0.05) is 0 Å². The SMILES string of the molecule is C[N+](C)(CCCNS(=O)(=O)C(F)(F)CF)CC(=O)O. The molecular formula is C9H18F3N2O4S+. The largest absolute Gasteiger partial charge is 0.477 e. The van der Waals surface area contributed by atoms with E-state index in [-0.39, 0.29) is 30.5 Å². The number of hydrogen-bond donors (Lipinski definition) is 2. The summed E-state index contributed by atoms with van der Waals surface area (Å²) >= 11 is 0. The molecule has 0 spiro atoms. The fourth-order valence-corrected chi connectivity index (χ4v) is 2.10. The summed E-state index contributed by atoms with van der Waals surface area (Å²) in [5, 5.41) is 4.16. The first-order valence-electron chi connectivity index (χ1n) is 5.40. The second-order valence-corrected chi connectivity index (χ2v) is 6.63. The molecular weight excluding hydrogens is 289 g/mol. The van der Waals surface area contributed by atoms with Crippen LogP contribution in [-0.4, -0.2) is 69.6 Å². The van der Waals surface area contributed by atoms with Crippen molar-refractivity contribution >= 4 is 16.0 Å². The first-order chi connectivity index (χ1) is 8.43. The standard InChI is InChI=1S/C9H17F3N2O4S/c1-14(2,6-8(15)16)5-3-4-13-19(17,18)9(11,12)7-10/h13H,3-7H2,1-2H3/p+1. The van der Waals surface area contributed by atoms with Crippen LogP contribution in [0, 0.1) is 0 Å². The molecule has 114 valence electrons. The molecule has 0 amide bonds. The number of likely N-dealkylation sites (N-methyl/N-ethyl adjacent to an activating group) is 1. The second kappa shape index (κ2) is 6.53. The van der Waals surface area contributed by atoms with Gasteiger partial charge in [-0.05, 0) is 0 Å². The molecule has 0 radical (unpaired) electrons. The van der Waals surface area contributed by atoms with Crippen molar-refractivity contribution in [2.75, 3.05) is 40.4 Å². The van der Waals surface area contributed by atoms with E-state index in [1.807, 2.05) is 0 Å². The summed E-state index contributed by atoms with van der Waals surface area (Å²) in [7, 11) is -1.81. The first-order valence-corrected chi connectivity index (χ1v) is 6.89. The highest BCUT2D eigenvalue weighted by atomic mass is 32.2. The molecule has 0 saturated carbocycles. The first kappa shape index (κ1) is 18.1. The normalized spacial score (nSPS) is 13.5. The van der Waals surface area contributed by atoms with Crippen molar-refractivity contribution in [3.8, 4) is 0 Å². The fourth-order valence-electron chi connectivity index (χ4n) is 1.34. The Morgan fingerprint density at radius 2 is 1.89 bits per heavy atom. The summed E-state index contributed by atoms with van der Waals surface area (Å²) < 4.78 is 60.8. The van der Waals surface area contributed by atoms with Crippen LogP contribution in [0.1, 0.15) is 6.42 Å². The van der Waals surface area contributed by atoms with Crippen LogP contribution in [0.4, 0.5) is 13.2 Å². The van der Waals surface area contributed by atoms with Gasteiger partial charge in [0, 0.05) is 13.0 Å². The van der Waals surface area contributed by atoms with Crippen LogP contribution in [0.3, 0.4) is 0 Å². The lowest BCUT2D eigenvalue weighted by atomic mass is 10.3. The third-order valence-electron chi connectivity index (χ3n) is 2.34. The van der Waals surface area contributed by atoms with Gasteiger partial charge >= 0.3 is 11.2 Å². The van der Waals surface area contributed by atoms with E-state index in [0.717, 1.165) is 0 Å². The van der Waals surface area contributed by atoms with Gasteiger partial charge in [0.1, 0.15) is 0 Å². The van der Waals surface area contributed by atoms with Crippen LogP contribution in [0.25, 0.3) is 0 Å².